The molecule has 2 aromatic rings. The minimum atomic E-state index is -0.107. The lowest BCUT2D eigenvalue weighted by atomic mass is 10.1. The van der Waals surface area contributed by atoms with E-state index in [1.54, 1.807) is 4.90 Å². The first-order valence-corrected chi connectivity index (χ1v) is 8.95. The summed E-state index contributed by atoms with van der Waals surface area (Å²) in [6.45, 7) is 6.48. The van der Waals surface area contributed by atoms with Crippen molar-refractivity contribution < 1.29 is 19.1 Å². The van der Waals surface area contributed by atoms with Crippen molar-refractivity contribution in [3.05, 3.63) is 53.1 Å². The maximum absolute atomic E-state index is 12.3. The number of carbonyl (C=O) groups excluding carboxylic acids is 2. The van der Waals surface area contributed by atoms with Crippen LogP contribution in [0.1, 0.15) is 30.0 Å². The first-order chi connectivity index (χ1) is 13.0. The van der Waals surface area contributed by atoms with E-state index in [-0.39, 0.29) is 25.0 Å². The highest BCUT2D eigenvalue weighted by Gasteiger charge is 2.17. The summed E-state index contributed by atoms with van der Waals surface area (Å²) in [4.78, 5) is 26.0. The van der Waals surface area contributed by atoms with Gasteiger partial charge >= 0.3 is 0 Å². The van der Waals surface area contributed by atoms with Gasteiger partial charge in [0.05, 0.1) is 0 Å². The number of nitrogens with one attached hydrogen (secondary N) is 1. The third-order valence-electron chi connectivity index (χ3n) is 4.74. The topological polar surface area (TPSA) is 67.9 Å². The molecule has 6 heteroatoms. The number of ether oxygens (including phenoxy) is 2. The quantitative estimate of drug-likeness (QED) is 0.851. The number of amides is 2. The van der Waals surface area contributed by atoms with Gasteiger partial charge in [0.1, 0.15) is 0 Å². The second kappa shape index (κ2) is 8.12. The number of carbonyl (C=O) groups is 2. The predicted molar refractivity (Wildman–Crippen MR) is 103 cm³/mol. The third-order valence-corrected chi connectivity index (χ3v) is 4.74. The molecule has 0 aromatic heterocycles. The van der Waals surface area contributed by atoms with Crippen molar-refractivity contribution >= 4 is 17.5 Å². The molecule has 0 fully saturated rings. The Bertz CT molecular complexity index is 863. The maximum atomic E-state index is 12.3. The van der Waals surface area contributed by atoms with Crippen molar-refractivity contribution in [3.63, 3.8) is 0 Å². The van der Waals surface area contributed by atoms with Gasteiger partial charge in [-0.2, -0.15) is 0 Å². The maximum Gasteiger partial charge on any atom is 0.231 e. The summed E-state index contributed by atoms with van der Waals surface area (Å²) in [5.41, 5.74) is 3.95. The van der Waals surface area contributed by atoms with Crippen LogP contribution in [0.3, 0.4) is 0 Å². The summed E-state index contributed by atoms with van der Waals surface area (Å²) in [5.74, 6) is 1.23. The zero-order valence-corrected chi connectivity index (χ0v) is 15.9. The van der Waals surface area contributed by atoms with E-state index in [4.69, 9.17) is 9.47 Å². The molecule has 0 unspecified atom stereocenters. The zero-order chi connectivity index (χ0) is 19.4. The predicted octanol–water partition coefficient (Wildman–Crippen LogP) is 3.09. The summed E-state index contributed by atoms with van der Waals surface area (Å²) in [7, 11) is 0. The van der Waals surface area contributed by atoms with Crippen molar-refractivity contribution in [2.24, 2.45) is 0 Å². The SMILES string of the molecule is CC(=O)N(CCC(=O)NCc1ccc2c(c1)OCO2)c1cccc(C)c1C. The number of hydrogen-bond acceptors (Lipinski definition) is 4. The van der Waals surface area contributed by atoms with Gasteiger partial charge in [0.15, 0.2) is 11.5 Å². The summed E-state index contributed by atoms with van der Waals surface area (Å²) in [5, 5.41) is 2.89. The second-order valence-corrected chi connectivity index (χ2v) is 6.60. The molecule has 0 spiro atoms. The summed E-state index contributed by atoms with van der Waals surface area (Å²) < 4.78 is 10.6. The smallest absolute Gasteiger partial charge is 0.231 e. The Balaban J connectivity index is 1.57. The van der Waals surface area contributed by atoms with Crippen LogP contribution in [0.4, 0.5) is 5.69 Å². The largest absolute Gasteiger partial charge is 0.454 e. The molecule has 27 heavy (non-hydrogen) atoms. The molecule has 2 aromatic carbocycles. The monoisotopic (exact) mass is 368 g/mol. The van der Waals surface area contributed by atoms with Crippen molar-refractivity contribution in [1.29, 1.82) is 0 Å². The minimum Gasteiger partial charge on any atom is -0.454 e. The van der Waals surface area contributed by atoms with Crippen LogP contribution in [-0.4, -0.2) is 25.2 Å². The van der Waals surface area contributed by atoms with Gasteiger partial charge in [0.2, 0.25) is 18.6 Å². The Morgan fingerprint density at radius 3 is 2.67 bits per heavy atom. The molecule has 1 heterocycles. The van der Waals surface area contributed by atoms with Crippen LogP contribution >= 0.6 is 0 Å². The van der Waals surface area contributed by atoms with Gasteiger partial charge in [-0.3, -0.25) is 9.59 Å². The molecule has 1 aliphatic rings. The Hall–Kier alpha value is -3.02. The van der Waals surface area contributed by atoms with Crippen LogP contribution in [0.5, 0.6) is 11.5 Å². The third kappa shape index (κ3) is 4.39. The lowest BCUT2D eigenvalue weighted by molar-refractivity contribution is -0.121. The zero-order valence-electron chi connectivity index (χ0n) is 15.9. The van der Waals surface area contributed by atoms with Crippen molar-refractivity contribution in [2.45, 2.75) is 33.7 Å². The van der Waals surface area contributed by atoms with E-state index in [0.717, 1.165) is 28.1 Å². The van der Waals surface area contributed by atoms with E-state index in [2.05, 4.69) is 5.32 Å². The molecule has 0 saturated carbocycles. The summed E-state index contributed by atoms with van der Waals surface area (Å²) >= 11 is 0. The Morgan fingerprint density at radius 2 is 1.89 bits per heavy atom. The van der Waals surface area contributed by atoms with Crippen LogP contribution in [0, 0.1) is 13.8 Å². The van der Waals surface area contributed by atoms with Gasteiger partial charge in [-0.25, -0.2) is 0 Å². The highest BCUT2D eigenvalue weighted by molar-refractivity contribution is 5.93. The first kappa shape index (κ1) is 18.8. The summed E-state index contributed by atoms with van der Waals surface area (Å²) in [6.07, 6.45) is 0.234. The average Bonchev–Trinajstić information content (AvgIpc) is 3.11. The molecular formula is C21H24N2O4. The fraction of sp³-hybridized carbons (Fsp3) is 0.333. The van der Waals surface area contributed by atoms with Crippen LogP contribution in [0.15, 0.2) is 36.4 Å². The molecule has 1 aliphatic heterocycles. The van der Waals surface area contributed by atoms with Crippen molar-refractivity contribution in [3.8, 4) is 11.5 Å². The lowest BCUT2D eigenvalue weighted by Crippen LogP contribution is -2.34. The molecule has 0 aliphatic carbocycles. The molecular weight excluding hydrogens is 344 g/mol. The molecule has 6 nitrogen and oxygen atoms in total. The van der Waals surface area contributed by atoms with E-state index in [0.29, 0.717) is 18.8 Å². The Kier molecular flexibility index (Phi) is 5.64. The fourth-order valence-corrected chi connectivity index (χ4v) is 3.03. The van der Waals surface area contributed by atoms with Crippen molar-refractivity contribution in [1.82, 2.24) is 5.32 Å². The highest BCUT2D eigenvalue weighted by Crippen LogP contribution is 2.32. The Labute approximate surface area is 159 Å². The van der Waals surface area contributed by atoms with Gasteiger partial charge in [0, 0.05) is 32.1 Å². The number of rotatable bonds is 6. The number of fused-ring (bicyclic) bond motifs is 1. The fourth-order valence-electron chi connectivity index (χ4n) is 3.03. The van der Waals surface area contributed by atoms with Crippen LogP contribution in [0.25, 0.3) is 0 Å². The molecule has 3 rings (SSSR count). The molecule has 0 saturated heterocycles. The van der Waals surface area contributed by atoms with E-state index in [1.807, 2.05) is 50.2 Å². The lowest BCUT2D eigenvalue weighted by Gasteiger charge is -2.23. The van der Waals surface area contributed by atoms with E-state index < -0.39 is 0 Å². The van der Waals surface area contributed by atoms with Crippen LogP contribution in [-0.2, 0) is 16.1 Å². The van der Waals surface area contributed by atoms with E-state index in [9.17, 15) is 9.59 Å². The molecule has 2 amide bonds. The van der Waals surface area contributed by atoms with Crippen LogP contribution < -0.4 is 19.7 Å². The molecule has 0 bridgehead atoms. The van der Waals surface area contributed by atoms with E-state index >= 15 is 0 Å². The van der Waals surface area contributed by atoms with Gasteiger partial charge in [0.25, 0.3) is 0 Å². The van der Waals surface area contributed by atoms with Gasteiger partial charge in [-0.05, 0) is 48.7 Å². The number of anilines is 1. The standard InChI is InChI=1S/C21H24N2O4/c1-14-5-4-6-18(15(14)2)23(16(3)24)10-9-21(25)22-12-17-7-8-19-20(11-17)27-13-26-19/h4-8,11H,9-10,12-13H2,1-3H3,(H,22,25). The van der Waals surface area contributed by atoms with Gasteiger partial charge in [-0.1, -0.05) is 18.2 Å². The molecule has 0 radical (unpaired) electrons. The van der Waals surface area contributed by atoms with Gasteiger partial charge in [-0.15, -0.1) is 0 Å². The van der Waals surface area contributed by atoms with Crippen LogP contribution in [0.2, 0.25) is 0 Å². The molecule has 142 valence electrons. The number of benzene rings is 2. The number of nitrogens with zero attached hydrogens (tertiary/aromatic N) is 1. The number of hydrogen-bond donors (Lipinski definition) is 1. The number of aryl methyl sites for hydroxylation is 1. The Morgan fingerprint density at radius 1 is 1.11 bits per heavy atom. The second-order valence-electron chi connectivity index (χ2n) is 6.60. The minimum absolute atomic E-state index is 0.0766. The molecule has 0 atom stereocenters. The van der Waals surface area contributed by atoms with E-state index in [1.165, 1.54) is 6.92 Å². The average molecular weight is 368 g/mol. The normalized spacial score (nSPS) is 12.0. The first-order valence-electron chi connectivity index (χ1n) is 8.95. The highest BCUT2D eigenvalue weighted by atomic mass is 16.7. The van der Waals surface area contributed by atoms with Crippen molar-refractivity contribution in [2.75, 3.05) is 18.2 Å². The van der Waals surface area contributed by atoms with Gasteiger partial charge < -0.3 is 19.7 Å². The summed E-state index contributed by atoms with van der Waals surface area (Å²) in [6, 6.07) is 11.4. The molecule has 1 N–H and O–H groups in total.